The molecule has 162 valence electrons. The summed E-state index contributed by atoms with van der Waals surface area (Å²) in [7, 11) is 1.62. The van der Waals surface area contributed by atoms with Crippen molar-refractivity contribution in [1.82, 2.24) is 4.98 Å². The Bertz CT molecular complexity index is 1030. The van der Waals surface area contributed by atoms with Gasteiger partial charge >= 0.3 is 0 Å². The Labute approximate surface area is 186 Å². The van der Waals surface area contributed by atoms with Crippen molar-refractivity contribution in [3.63, 3.8) is 0 Å². The van der Waals surface area contributed by atoms with Crippen molar-refractivity contribution in [2.75, 3.05) is 25.1 Å². The third-order valence-corrected chi connectivity index (χ3v) is 5.76. The van der Waals surface area contributed by atoms with Gasteiger partial charge in [-0.3, -0.25) is 0 Å². The predicted molar refractivity (Wildman–Crippen MR) is 118 cm³/mol. The molecule has 0 aliphatic carbocycles. The highest BCUT2D eigenvalue weighted by Crippen LogP contribution is 2.33. The van der Waals surface area contributed by atoms with Crippen molar-refractivity contribution >= 4 is 17.3 Å². The Kier molecular flexibility index (Phi) is 6.70. The zero-order chi connectivity index (χ0) is 21.8. The second-order valence-electron chi connectivity index (χ2n) is 7.48. The van der Waals surface area contributed by atoms with Gasteiger partial charge in [0.25, 0.3) is 0 Å². The van der Waals surface area contributed by atoms with Crippen LogP contribution in [0, 0.1) is 5.82 Å². The lowest BCUT2D eigenvalue weighted by Gasteiger charge is -2.24. The van der Waals surface area contributed by atoms with Gasteiger partial charge in [0.15, 0.2) is 0 Å². The lowest BCUT2D eigenvalue weighted by Crippen LogP contribution is -2.25. The normalized spacial score (nSPS) is 17.0. The van der Waals surface area contributed by atoms with Gasteiger partial charge in [-0.05, 0) is 47.5 Å². The number of ether oxygens (including phenoxy) is 2. The number of anilines is 1. The van der Waals surface area contributed by atoms with Crippen LogP contribution in [-0.2, 0) is 11.3 Å². The number of aromatic nitrogens is 1. The number of rotatable bonds is 7. The number of aliphatic hydroxyl groups is 1. The van der Waals surface area contributed by atoms with Gasteiger partial charge in [0.05, 0.1) is 13.2 Å². The smallest absolute Gasteiger partial charge is 0.232 e. The van der Waals surface area contributed by atoms with Gasteiger partial charge in [0, 0.05) is 37.5 Å². The quantitative estimate of drug-likeness (QED) is 0.571. The van der Waals surface area contributed by atoms with E-state index >= 15 is 0 Å². The molecule has 0 radical (unpaired) electrons. The van der Waals surface area contributed by atoms with Crippen LogP contribution in [0.2, 0.25) is 5.02 Å². The van der Waals surface area contributed by atoms with Crippen molar-refractivity contribution in [3.8, 4) is 5.88 Å². The maximum absolute atomic E-state index is 13.3. The molecule has 1 aliphatic heterocycles. The summed E-state index contributed by atoms with van der Waals surface area (Å²) >= 11 is 6.16. The number of halogens is 2. The van der Waals surface area contributed by atoms with Gasteiger partial charge in [-0.1, -0.05) is 29.8 Å². The first-order valence-electron chi connectivity index (χ1n) is 10.1. The summed E-state index contributed by atoms with van der Waals surface area (Å²) in [6.07, 6.45) is 2.10. The molecule has 2 atom stereocenters. The first-order chi connectivity index (χ1) is 15.1. The Morgan fingerprint density at radius 3 is 2.68 bits per heavy atom. The van der Waals surface area contributed by atoms with E-state index in [2.05, 4.69) is 9.88 Å². The fourth-order valence-corrected chi connectivity index (χ4v) is 4.13. The zero-order valence-corrected chi connectivity index (χ0v) is 17.9. The average molecular weight is 443 g/mol. The molecule has 1 aliphatic rings. The second kappa shape index (κ2) is 9.64. The standard InChI is InChI=1S/C24H24ClFN2O3/c1-30-23(16-4-7-19(26)8-5-16)17-6-9-22(18(13-17)15-29)28-12-10-20(14-28)31-24-21(25)3-2-11-27-24/h2-9,11,13,20,23,29H,10,12,14-15H2,1H3/t20-,23?/m0/s1. The lowest BCUT2D eigenvalue weighted by atomic mass is 9.98. The largest absolute Gasteiger partial charge is 0.471 e. The molecule has 2 heterocycles. The minimum atomic E-state index is -0.346. The predicted octanol–water partition coefficient (Wildman–Crippen LogP) is 4.76. The van der Waals surface area contributed by atoms with Crippen molar-refractivity contribution in [2.45, 2.75) is 25.2 Å². The minimum absolute atomic E-state index is 0.0374. The molecule has 1 aromatic heterocycles. The zero-order valence-electron chi connectivity index (χ0n) is 17.2. The van der Waals surface area contributed by atoms with E-state index < -0.39 is 0 Å². The Balaban J connectivity index is 1.52. The van der Waals surface area contributed by atoms with Crippen LogP contribution < -0.4 is 9.64 Å². The van der Waals surface area contributed by atoms with E-state index in [9.17, 15) is 9.50 Å². The van der Waals surface area contributed by atoms with E-state index in [1.807, 2.05) is 18.2 Å². The molecule has 0 bridgehead atoms. The molecule has 4 rings (SSSR count). The summed E-state index contributed by atoms with van der Waals surface area (Å²) in [4.78, 5) is 6.39. The van der Waals surface area contributed by atoms with Crippen molar-refractivity contribution < 1.29 is 19.0 Å². The minimum Gasteiger partial charge on any atom is -0.471 e. The number of aliphatic hydroxyl groups excluding tert-OH is 1. The van der Waals surface area contributed by atoms with Gasteiger partial charge in [0.2, 0.25) is 5.88 Å². The first kappa shape index (κ1) is 21.6. The molecular weight excluding hydrogens is 419 g/mol. The number of hydrogen-bond donors (Lipinski definition) is 1. The van der Waals surface area contributed by atoms with Crippen molar-refractivity contribution in [3.05, 3.63) is 88.3 Å². The van der Waals surface area contributed by atoms with Crippen LogP contribution in [0.25, 0.3) is 0 Å². The average Bonchev–Trinajstić information content (AvgIpc) is 3.25. The van der Waals surface area contributed by atoms with E-state index in [0.717, 1.165) is 35.3 Å². The Morgan fingerprint density at radius 2 is 1.97 bits per heavy atom. The maximum atomic E-state index is 13.3. The molecule has 1 fully saturated rings. The van der Waals surface area contributed by atoms with Crippen molar-refractivity contribution in [2.24, 2.45) is 0 Å². The van der Waals surface area contributed by atoms with E-state index in [1.54, 1.807) is 37.6 Å². The van der Waals surface area contributed by atoms with Crippen LogP contribution in [-0.4, -0.2) is 36.4 Å². The van der Waals surface area contributed by atoms with E-state index in [-0.39, 0.29) is 24.6 Å². The van der Waals surface area contributed by atoms with Crippen LogP contribution in [0.4, 0.5) is 10.1 Å². The molecule has 3 aromatic rings. The van der Waals surface area contributed by atoms with Crippen LogP contribution in [0.3, 0.4) is 0 Å². The van der Waals surface area contributed by atoms with E-state index in [4.69, 9.17) is 21.1 Å². The van der Waals surface area contributed by atoms with Crippen LogP contribution in [0.15, 0.2) is 60.8 Å². The number of pyridine rings is 1. The summed E-state index contributed by atoms with van der Waals surface area (Å²) < 4.78 is 24.9. The number of hydrogen-bond acceptors (Lipinski definition) is 5. The van der Waals surface area contributed by atoms with Crippen molar-refractivity contribution in [1.29, 1.82) is 0 Å². The SMILES string of the molecule is COC(c1ccc(F)cc1)c1ccc(N2CC[C@H](Oc3ncccc3Cl)C2)c(CO)c1. The Morgan fingerprint density at radius 1 is 1.19 bits per heavy atom. The summed E-state index contributed by atoms with van der Waals surface area (Å²) in [6, 6.07) is 15.7. The van der Waals surface area contributed by atoms with Gasteiger partial charge in [-0.2, -0.15) is 0 Å². The van der Waals surface area contributed by atoms with Gasteiger partial charge in [-0.25, -0.2) is 9.37 Å². The summed E-state index contributed by atoms with van der Waals surface area (Å²) in [6.45, 7) is 1.37. The molecule has 0 spiro atoms. The third-order valence-electron chi connectivity index (χ3n) is 5.47. The summed E-state index contributed by atoms with van der Waals surface area (Å²) in [5, 5.41) is 10.5. The highest BCUT2D eigenvalue weighted by Gasteiger charge is 2.27. The molecule has 1 unspecified atom stereocenters. The number of nitrogens with zero attached hydrogens (tertiary/aromatic N) is 2. The number of methoxy groups -OCH3 is 1. The second-order valence-corrected chi connectivity index (χ2v) is 7.89. The maximum Gasteiger partial charge on any atom is 0.232 e. The first-order valence-corrected chi connectivity index (χ1v) is 10.5. The number of benzene rings is 2. The molecule has 7 heteroatoms. The van der Waals surface area contributed by atoms with Crippen LogP contribution >= 0.6 is 11.6 Å². The van der Waals surface area contributed by atoms with Crippen LogP contribution in [0.1, 0.15) is 29.2 Å². The van der Waals surface area contributed by atoms with Gasteiger partial charge in [0.1, 0.15) is 23.0 Å². The van der Waals surface area contributed by atoms with E-state index in [1.165, 1.54) is 12.1 Å². The fourth-order valence-electron chi connectivity index (χ4n) is 3.96. The molecule has 2 aromatic carbocycles. The monoisotopic (exact) mass is 442 g/mol. The summed E-state index contributed by atoms with van der Waals surface area (Å²) in [5.74, 6) is 0.152. The van der Waals surface area contributed by atoms with Crippen LogP contribution in [0.5, 0.6) is 5.88 Å². The molecule has 1 N–H and O–H groups in total. The fraction of sp³-hybridized carbons (Fsp3) is 0.292. The molecule has 0 amide bonds. The molecular formula is C24H24ClFN2O3. The van der Waals surface area contributed by atoms with Gasteiger partial charge < -0.3 is 19.5 Å². The topological polar surface area (TPSA) is 54.8 Å². The van der Waals surface area contributed by atoms with E-state index in [0.29, 0.717) is 17.4 Å². The lowest BCUT2D eigenvalue weighted by molar-refractivity contribution is 0.136. The summed E-state index contributed by atoms with van der Waals surface area (Å²) in [5.41, 5.74) is 3.51. The Hall–Kier alpha value is -2.67. The van der Waals surface area contributed by atoms with Gasteiger partial charge in [-0.15, -0.1) is 0 Å². The molecule has 0 saturated carbocycles. The molecule has 5 nitrogen and oxygen atoms in total. The molecule has 1 saturated heterocycles. The highest BCUT2D eigenvalue weighted by atomic mass is 35.5. The third kappa shape index (κ3) is 4.82. The highest BCUT2D eigenvalue weighted by molar-refractivity contribution is 6.31. The molecule has 31 heavy (non-hydrogen) atoms.